The SMILES string of the molecule is Cn1nccc1C1CCCN(c2cnn(C)c(=O)c2Br)C1. The molecule has 1 unspecified atom stereocenters. The smallest absolute Gasteiger partial charge is 0.282 e. The maximum atomic E-state index is 12.0. The van der Waals surface area contributed by atoms with E-state index in [1.807, 2.05) is 17.9 Å². The summed E-state index contributed by atoms with van der Waals surface area (Å²) in [6.45, 7) is 1.83. The second kappa shape index (κ2) is 5.63. The van der Waals surface area contributed by atoms with Gasteiger partial charge in [-0.1, -0.05) is 0 Å². The maximum absolute atomic E-state index is 12.0. The molecule has 1 saturated heterocycles. The van der Waals surface area contributed by atoms with Crippen LogP contribution >= 0.6 is 15.9 Å². The van der Waals surface area contributed by atoms with E-state index in [-0.39, 0.29) is 5.56 Å². The lowest BCUT2D eigenvalue weighted by molar-refractivity contribution is 0.481. The van der Waals surface area contributed by atoms with Crippen LogP contribution in [0, 0.1) is 0 Å². The summed E-state index contributed by atoms with van der Waals surface area (Å²) in [6.07, 6.45) is 5.84. The summed E-state index contributed by atoms with van der Waals surface area (Å²) >= 11 is 3.42. The molecule has 0 spiro atoms. The lowest BCUT2D eigenvalue weighted by atomic mass is 9.94. The number of nitrogens with zero attached hydrogens (tertiary/aromatic N) is 5. The van der Waals surface area contributed by atoms with E-state index in [1.54, 1.807) is 13.2 Å². The van der Waals surface area contributed by atoms with Gasteiger partial charge in [0.1, 0.15) is 4.47 Å². The van der Waals surface area contributed by atoms with Crippen molar-refractivity contribution < 1.29 is 0 Å². The second-order valence-corrected chi connectivity index (χ2v) is 6.23. The molecule has 0 bridgehead atoms. The van der Waals surface area contributed by atoms with E-state index in [0.29, 0.717) is 10.4 Å². The monoisotopic (exact) mass is 351 g/mol. The van der Waals surface area contributed by atoms with E-state index in [0.717, 1.165) is 31.6 Å². The summed E-state index contributed by atoms with van der Waals surface area (Å²) in [5, 5.41) is 8.39. The average Bonchev–Trinajstić information content (AvgIpc) is 2.91. The Balaban J connectivity index is 1.89. The van der Waals surface area contributed by atoms with Gasteiger partial charge in [0, 0.05) is 45.0 Å². The molecule has 21 heavy (non-hydrogen) atoms. The highest BCUT2D eigenvalue weighted by Gasteiger charge is 2.25. The van der Waals surface area contributed by atoms with Crippen LogP contribution in [0.25, 0.3) is 0 Å². The molecular formula is C14H18BrN5O. The normalized spacial score (nSPS) is 19.0. The summed E-state index contributed by atoms with van der Waals surface area (Å²) in [5.74, 6) is 0.433. The fraction of sp³-hybridized carbons (Fsp3) is 0.500. The summed E-state index contributed by atoms with van der Waals surface area (Å²) in [6, 6.07) is 2.07. The first-order valence-electron chi connectivity index (χ1n) is 7.02. The Morgan fingerprint density at radius 2 is 2.10 bits per heavy atom. The molecule has 2 aromatic heterocycles. The van der Waals surface area contributed by atoms with Gasteiger partial charge in [-0.3, -0.25) is 9.48 Å². The van der Waals surface area contributed by atoms with E-state index in [1.165, 1.54) is 10.4 Å². The Labute approximate surface area is 131 Å². The number of rotatable bonds is 2. The third-order valence-electron chi connectivity index (χ3n) is 4.10. The number of anilines is 1. The molecule has 1 aliphatic heterocycles. The molecule has 0 saturated carbocycles. The molecule has 1 fully saturated rings. The minimum atomic E-state index is -0.102. The first-order chi connectivity index (χ1) is 10.1. The Morgan fingerprint density at radius 3 is 2.81 bits per heavy atom. The molecule has 2 aromatic rings. The summed E-state index contributed by atoms with van der Waals surface area (Å²) in [4.78, 5) is 14.2. The van der Waals surface area contributed by atoms with E-state index >= 15 is 0 Å². The summed E-state index contributed by atoms with van der Waals surface area (Å²) in [7, 11) is 3.63. The van der Waals surface area contributed by atoms with Crippen LogP contribution in [-0.4, -0.2) is 32.7 Å². The highest BCUT2D eigenvalue weighted by Crippen LogP contribution is 2.31. The zero-order chi connectivity index (χ0) is 15.0. The Hall–Kier alpha value is -1.63. The molecule has 1 atom stereocenters. The summed E-state index contributed by atoms with van der Waals surface area (Å²) in [5.41, 5.74) is 2.02. The first kappa shape index (κ1) is 14.3. The van der Waals surface area contributed by atoms with Crippen LogP contribution < -0.4 is 10.5 Å². The quantitative estimate of drug-likeness (QED) is 0.825. The molecule has 0 amide bonds. The highest BCUT2D eigenvalue weighted by molar-refractivity contribution is 9.10. The van der Waals surface area contributed by atoms with Crippen molar-refractivity contribution in [1.82, 2.24) is 19.6 Å². The maximum Gasteiger partial charge on any atom is 0.282 e. The van der Waals surface area contributed by atoms with Crippen LogP contribution in [0.15, 0.2) is 27.7 Å². The van der Waals surface area contributed by atoms with Crippen molar-refractivity contribution in [3.8, 4) is 0 Å². The van der Waals surface area contributed by atoms with Gasteiger partial charge in [-0.15, -0.1) is 0 Å². The fourth-order valence-electron chi connectivity index (χ4n) is 2.94. The van der Waals surface area contributed by atoms with Crippen LogP contribution in [0.1, 0.15) is 24.5 Å². The van der Waals surface area contributed by atoms with Gasteiger partial charge >= 0.3 is 0 Å². The van der Waals surface area contributed by atoms with Crippen molar-refractivity contribution in [2.45, 2.75) is 18.8 Å². The third-order valence-corrected chi connectivity index (χ3v) is 4.84. The van der Waals surface area contributed by atoms with E-state index in [2.05, 4.69) is 37.1 Å². The van der Waals surface area contributed by atoms with Crippen molar-refractivity contribution >= 4 is 21.6 Å². The van der Waals surface area contributed by atoms with Gasteiger partial charge in [0.25, 0.3) is 5.56 Å². The number of hydrogen-bond donors (Lipinski definition) is 0. The molecule has 0 aromatic carbocycles. The van der Waals surface area contributed by atoms with Crippen LogP contribution in [0.4, 0.5) is 5.69 Å². The van der Waals surface area contributed by atoms with E-state index in [4.69, 9.17) is 0 Å². The van der Waals surface area contributed by atoms with Crippen molar-refractivity contribution in [2.24, 2.45) is 14.1 Å². The molecule has 3 rings (SSSR count). The molecule has 0 aliphatic carbocycles. The first-order valence-corrected chi connectivity index (χ1v) is 7.82. The number of piperidine rings is 1. The number of halogens is 1. The van der Waals surface area contributed by atoms with Crippen LogP contribution in [0.2, 0.25) is 0 Å². The van der Waals surface area contributed by atoms with E-state index in [9.17, 15) is 4.79 Å². The van der Waals surface area contributed by atoms with Crippen LogP contribution in [0.3, 0.4) is 0 Å². The van der Waals surface area contributed by atoms with Crippen molar-refractivity contribution in [3.05, 3.63) is 39.0 Å². The number of hydrogen-bond acceptors (Lipinski definition) is 4. The van der Waals surface area contributed by atoms with Crippen molar-refractivity contribution in [3.63, 3.8) is 0 Å². The standard InChI is InChI=1S/C14H18BrN5O/c1-18-11(5-6-16-18)10-4-3-7-20(9-10)12-8-17-19(2)14(21)13(12)15/h5-6,8,10H,3-4,7,9H2,1-2H3. The second-order valence-electron chi connectivity index (χ2n) is 5.44. The lowest BCUT2D eigenvalue weighted by Crippen LogP contribution is -2.36. The Kier molecular flexibility index (Phi) is 3.84. The highest BCUT2D eigenvalue weighted by atomic mass is 79.9. The number of aromatic nitrogens is 4. The van der Waals surface area contributed by atoms with Gasteiger partial charge in [0.2, 0.25) is 0 Å². The van der Waals surface area contributed by atoms with Gasteiger partial charge in [0.15, 0.2) is 0 Å². The Morgan fingerprint density at radius 1 is 1.29 bits per heavy atom. The Bertz CT molecular complexity index is 708. The largest absolute Gasteiger partial charge is 0.368 e. The van der Waals surface area contributed by atoms with E-state index < -0.39 is 0 Å². The molecule has 6 nitrogen and oxygen atoms in total. The van der Waals surface area contributed by atoms with Gasteiger partial charge in [-0.2, -0.15) is 10.2 Å². The fourth-order valence-corrected chi connectivity index (χ4v) is 3.55. The van der Waals surface area contributed by atoms with Gasteiger partial charge in [-0.05, 0) is 34.8 Å². The van der Waals surface area contributed by atoms with Gasteiger partial charge in [-0.25, -0.2) is 4.68 Å². The van der Waals surface area contributed by atoms with Gasteiger partial charge in [0.05, 0.1) is 11.9 Å². The minimum Gasteiger partial charge on any atom is -0.368 e. The minimum absolute atomic E-state index is 0.102. The van der Waals surface area contributed by atoms with Crippen LogP contribution in [-0.2, 0) is 14.1 Å². The predicted octanol–water partition coefficient (Wildman–Crippen LogP) is 1.66. The van der Waals surface area contributed by atoms with Crippen LogP contribution in [0.5, 0.6) is 0 Å². The lowest BCUT2D eigenvalue weighted by Gasteiger charge is -2.34. The molecule has 3 heterocycles. The third kappa shape index (κ3) is 2.62. The zero-order valence-corrected chi connectivity index (χ0v) is 13.7. The predicted molar refractivity (Wildman–Crippen MR) is 84.6 cm³/mol. The topological polar surface area (TPSA) is 56.0 Å². The molecule has 0 N–H and O–H groups in total. The summed E-state index contributed by atoms with van der Waals surface area (Å²) < 4.78 is 3.87. The molecule has 1 aliphatic rings. The molecule has 112 valence electrons. The van der Waals surface area contributed by atoms with Crippen molar-refractivity contribution in [2.75, 3.05) is 18.0 Å². The van der Waals surface area contributed by atoms with Gasteiger partial charge < -0.3 is 4.90 Å². The zero-order valence-electron chi connectivity index (χ0n) is 12.2. The van der Waals surface area contributed by atoms with Crippen molar-refractivity contribution in [1.29, 1.82) is 0 Å². The number of aryl methyl sites for hydroxylation is 2. The average molecular weight is 352 g/mol. The molecular weight excluding hydrogens is 334 g/mol. The molecule has 0 radical (unpaired) electrons. The molecule has 7 heteroatoms.